The molecule has 0 radical (unpaired) electrons. The Morgan fingerprint density at radius 3 is 3.19 bits per heavy atom. The molecule has 0 fully saturated rings. The van der Waals surface area contributed by atoms with Gasteiger partial charge in [0, 0.05) is 19.5 Å². The number of nitrogens with one attached hydrogen (secondary N) is 2. The molecule has 2 aromatic rings. The molecule has 5 nitrogen and oxygen atoms in total. The van der Waals surface area contributed by atoms with Crippen molar-refractivity contribution in [2.45, 2.75) is 13.0 Å². The average molecular weight is 217 g/mol. The lowest BCUT2D eigenvalue weighted by molar-refractivity contribution is 0.567. The van der Waals surface area contributed by atoms with Gasteiger partial charge in [-0.2, -0.15) is 0 Å². The normalized spacial score (nSPS) is 14.8. The molecular weight excluding hydrogens is 206 g/mol. The minimum atomic E-state index is -0.0617. The highest BCUT2D eigenvalue weighted by Gasteiger charge is 2.15. The summed E-state index contributed by atoms with van der Waals surface area (Å²) in [5, 5.41) is 3.16. The maximum atomic E-state index is 11.8. The molecular formula is C11H11N3O2. The molecule has 3 rings (SSSR count). The molecule has 0 amide bonds. The molecule has 0 bridgehead atoms. The predicted octanol–water partition coefficient (Wildman–Crippen LogP) is 0.676. The topological polar surface area (TPSA) is 70.9 Å². The molecule has 0 saturated heterocycles. The minimum absolute atomic E-state index is 0.0617. The Balaban J connectivity index is 2.16. The Labute approximate surface area is 91.5 Å². The van der Waals surface area contributed by atoms with Gasteiger partial charge >= 0.3 is 0 Å². The fraction of sp³-hybridized carbons (Fsp3) is 0.273. The minimum Gasteiger partial charge on any atom is -0.472 e. The molecule has 0 aliphatic carbocycles. The van der Waals surface area contributed by atoms with Crippen LogP contribution in [0.4, 0.5) is 0 Å². The second-order valence-electron chi connectivity index (χ2n) is 3.78. The van der Waals surface area contributed by atoms with Gasteiger partial charge in [0.05, 0.1) is 23.1 Å². The first-order valence-electron chi connectivity index (χ1n) is 5.20. The van der Waals surface area contributed by atoms with Gasteiger partial charge in [0.1, 0.15) is 12.1 Å². The molecule has 82 valence electrons. The summed E-state index contributed by atoms with van der Waals surface area (Å²) in [7, 11) is 0. The van der Waals surface area contributed by atoms with Crippen LogP contribution in [0.2, 0.25) is 0 Å². The molecule has 16 heavy (non-hydrogen) atoms. The molecule has 0 unspecified atom stereocenters. The van der Waals surface area contributed by atoms with Crippen LogP contribution in [-0.2, 0) is 13.0 Å². The van der Waals surface area contributed by atoms with Gasteiger partial charge in [0.25, 0.3) is 5.56 Å². The molecule has 0 atom stereocenters. The molecule has 1 aliphatic heterocycles. The smallest absolute Gasteiger partial charge is 0.255 e. The van der Waals surface area contributed by atoms with E-state index in [-0.39, 0.29) is 5.56 Å². The highest BCUT2D eigenvalue weighted by molar-refractivity contribution is 5.52. The van der Waals surface area contributed by atoms with Crippen LogP contribution in [0.5, 0.6) is 0 Å². The van der Waals surface area contributed by atoms with Crippen LogP contribution >= 0.6 is 0 Å². The van der Waals surface area contributed by atoms with Gasteiger partial charge in [-0.1, -0.05) is 0 Å². The molecule has 3 heterocycles. The van der Waals surface area contributed by atoms with Crippen LogP contribution < -0.4 is 10.9 Å². The second kappa shape index (κ2) is 3.61. The van der Waals surface area contributed by atoms with E-state index in [1.165, 1.54) is 0 Å². The molecule has 2 aromatic heterocycles. The van der Waals surface area contributed by atoms with Gasteiger partial charge < -0.3 is 14.7 Å². The van der Waals surface area contributed by atoms with E-state index in [1.807, 2.05) is 0 Å². The SMILES string of the molecule is O=c1[nH]c(-c2ccoc2)nc2c1CNCC2. The quantitative estimate of drug-likeness (QED) is 0.736. The van der Waals surface area contributed by atoms with Crippen molar-refractivity contribution < 1.29 is 4.42 Å². The Morgan fingerprint density at radius 1 is 1.44 bits per heavy atom. The van der Waals surface area contributed by atoms with Crippen LogP contribution in [0, 0.1) is 0 Å². The first-order chi connectivity index (χ1) is 7.84. The standard InChI is InChI=1S/C11H11N3O2/c15-11-8-5-12-3-1-9(8)13-10(14-11)7-2-4-16-6-7/h2,4,6,12H,1,3,5H2,(H,13,14,15). The Hall–Kier alpha value is -1.88. The number of nitrogens with zero attached hydrogens (tertiary/aromatic N) is 1. The number of fused-ring (bicyclic) bond motifs is 1. The first kappa shape index (κ1) is 9.35. The van der Waals surface area contributed by atoms with E-state index in [1.54, 1.807) is 18.6 Å². The number of H-pyrrole nitrogens is 1. The van der Waals surface area contributed by atoms with Gasteiger partial charge in [0.15, 0.2) is 0 Å². The van der Waals surface area contributed by atoms with Gasteiger partial charge in [-0.3, -0.25) is 4.79 Å². The van der Waals surface area contributed by atoms with Crippen molar-refractivity contribution in [3.63, 3.8) is 0 Å². The fourth-order valence-electron chi connectivity index (χ4n) is 1.89. The third-order valence-corrected chi connectivity index (χ3v) is 2.74. The lowest BCUT2D eigenvalue weighted by Gasteiger charge is -2.15. The Kier molecular flexibility index (Phi) is 2.11. The van der Waals surface area contributed by atoms with Crippen molar-refractivity contribution in [3.8, 4) is 11.4 Å². The lowest BCUT2D eigenvalue weighted by atomic mass is 10.1. The van der Waals surface area contributed by atoms with E-state index in [0.717, 1.165) is 29.8 Å². The highest BCUT2D eigenvalue weighted by Crippen LogP contribution is 2.16. The van der Waals surface area contributed by atoms with Crippen molar-refractivity contribution in [1.29, 1.82) is 0 Å². The summed E-state index contributed by atoms with van der Waals surface area (Å²) < 4.78 is 4.98. The van der Waals surface area contributed by atoms with E-state index >= 15 is 0 Å². The largest absolute Gasteiger partial charge is 0.472 e. The summed E-state index contributed by atoms with van der Waals surface area (Å²) in [6.45, 7) is 1.47. The van der Waals surface area contributed by atoms with Crippen molar-refractivity contribution in [2.75, 3.05) is 6.54 Å². The number of aromatic nitrogens is 2. The van der Waals surface area contributed by atoms with E-state index in [0.29, 0.717) is 12.4 Å². The maximum Gasteiger partial charge on any atom is 0.255 e. The van der Waals surface area contributed by atoms with Gasteiger partial charge in [0.2, 0.25) is 0 Å². The summed E-state index contributed by atoms with van der Waals surface area (Å²) in [5.41, 5.74) is 2.38. The zero-order valence-corrected chi connectivity index (χ0v) is 8.62. The zero-order chi connectivity index (χ0) is 11.0. The van der Waals surface area contributed by atoms with Crippen molar-refractivity contribution in [2.24, 2.45) is 0 Å². The Bertz CT molecular complexity index is 557. The summed E-state index contributed by atoms with van der Waals surface area (Å²) in [5.74, 6) is 0.583. The van der Waals surface area contributed by atoms with Crippen LogP contribution in [0.25, 0.3) is 11.4 Å². The van der Waals surface area contributed by atoms with E-state index in [9.17, 15) is 4.79 Å². The number of furan rings is 1. The molecule has 0 saturated carbocycles. The summed E-state index contributed by atoms with van der Waals surface area (Å²) >= 11 is 0. The average Bonchev–Trinajstić information content (AvgIpc) is 2.82. The second-order valence-corrected chi connectivity index (χ2v) is 3.78. The zero-order valence-electron chi connectivity index (χ0n) is 8.62. The first-order valence-corrected chi connectivity index (χ1v) is 5.20. The van der Waals surface area contributed by atoms with Crippen LogP contribution in [0.15, 0.2) is 27.8 Å². The predicted molar refractivity (Wildman–Crippen MR) is 58.0 cm³/mol. The molecule has 2 N–H and O–H groups in total. The molecule has 5 heteroatoms. The van der Waals surface area contributed by atoms with Crippen LogP contribution in [0.3, 0.4) is 0 Å². The number of hydrogen-bond donors (Lipinski definition) is 2. The summed E-state index contributed by atoms with van der Waals surface area (Å²) in [4.78, 5) is 19.0. The molecule has 0 spiro atoms. The van der Waals surface area contributed by atoms with Gasteiger partial charge in [-0.05, 0) is 6.07 Å². The maximum absolute atomic E-state index is 11.8. The van der Waals surface area contributed by atoms with E-state index in [4.69, 9.17) is 4.42 Å². The van der Waals surface area contributed by atoms with Crippen LogP contribution in [-0.4, -0.2) is 16.5 Å². The van der Waals surface area contributed by atoms with Crippen LogP contribution in [0.1, 0.15) is 11.3 Å². The Morgan fingerprint density at radius 2 is 2.38 bits per heavy atom. The number of hydrogen-bond acceptors (Lipinski definition) is 4. The van der Waals surface area contributed by atoms with Crippen molar-refractivity contribution >= 4 is 0 Å². The number of rotatable bonds is 1. The number of aromatic amines is 1. The van der Waals surface area contributed by atoms with Gasteiger partial charge in [-0.15, -0.1) is 0 Å². The van der Waals surface area contributed by atoms with E-state index < -0.39 is 0 Å². The third kappa shape index (κ3) is 1.45. The van der Waals surface area contributed by atoms with Crippen molar-refractivity contribution in [3.05, 3.63) is 40.2 Å². The van der Waals surface area contributed by atoms with Gasteiger partial charge in [-0.25, -0.2) is 4.98 Å². The summed E-state index contributed by atoms with van der Waals surface area (Å²) in [6.07, 6.45) is 3.94. The highest BCUT2D eigenvalue weighted by atomic mass is 16.3. The molecule has 0 aromatic carbocycles. The molecule has 1 aliphatic rings. The summed E-state index contributed by atoms with van der Waals surface area (Å²) in [6, 6.07) is 1.78. The third-order valence-electron chi connectivity index (χ3n) is 2.74. The van der Waals surface area contributed by atoms with E-state index in [2.05, 4.69) is 15.3 Å². The lowest BCUT2D eigenvalue weighted by Crippen LogP contribution is -2.31. The monoisotopic (exact) mass is 217 g/mol. The van der Waals surface area contributed by atoms with Crippen molar-refractivity contribution in [1.82, 2.24) is 15.3 Å². The fourth-order valence-corrected chi connectivity index (χ4v) is 1.89.